The van der Waals surface area contributed by atoms with E-state index in [1.807, 2.05) is 0 Å². The van der Waals surface area contributed by atoms with Crippen LogP contribution in [0.25, 0.3) is 44.3 Å². The van der Waals surface area contributed by atoms with Crippen molar-refractivity contribution in [3.63, 3.8) is 0 Å². The van der Waals surface area contributed by atoms with Crippen LogP contribution in [-0.2, 0) is 9.47 Å². The maximum atomic E-state index is 6.56. The van der Waals surface area contributed by atoms with Gasteiger partial charge >= 0.3 is 0 Å². The van der Waals surface area contributed by atoms with Crippen LogP contribution in [0.15, 0.2) is 72.8 Å². The molecule has 0 aliphatic carbocycles. The normalized spacial score (nSPS) is 17.4. The molecule has 2 N–H and O–H groups in total. The molecule has 3 aromatic carbocycles. The molecule has 0 unspecified atom stereocenters. The van der Waals surface area contributed by atoms with Gasteiger partial charge < -0.3 is 28.9 Å². The molecule has 5 aromatic rings. The number of benzene rings is 3. The number of aromatic amines is 2. The topological polar surface area (TPSA) is 68.5 Å². The van der Waals surface area contributed by atoms with E-state index in [4.69, 9.17) is 18.9 Å². The SMILES string of the molecule is CCC1(COc2c(-c3ccc(-c4[nH]c5ccccc5c4OCC4(CC)COC4)cc3)[nH]c3ccccc23)COC1. The zero-order valence-corrected chi connectivity index (χ0v) is 23.2. The second-order valence-electron chi connectivity index (χ2n) is 11.6. The van der Waals surface area contributed by atoms with Crippen molar-refractivity contribution in [1.29, 1.82) is 0 Å². The number of ether oxygens (including phenoxy) is 4. The summed E-state index contributed by atoms with van der Waals surface area (Å²) in [5.74, 6) is 1.82. The van der Waals surface area contributed by atoms with E-state index >= 15 is 0 Å². The van der Waals surface area contributed by atoms with E-state index in [1.165, 1.54) is 0 Å². The molecule has 0 radical (unpaired) electrons. The minimum absolute atomic E-state index is 0.105. The van der Waals surface area contributed by atoms with Crippen LogP contribution >= 0.6 is 0 Å². The van der Waals surface area contributed by atoms with Crippen LogP contribution in [0, 0.1) is 10.8 Å². The second-order valence-corrected chi connectivity index (χ2v) is 11.6. The van der Waals surface area contributed by atoms with Crippen molar-refractivity contribution >= 4 is 21.8 Å². The number of rotatable bonds is 10. The summed E-state index contributed by atoms with van der Waals surface area (Å²) in [6.45, 7) is 8.77. The summed E-state index contributed by atoms with van der Waals surface area (Å²) in [6, 6.07) is 25.3. The van der Waals surface area contributed by atoms with Gasteiger partial charge in [-0.05, 0) is 37.1 Å². The smallest absolute Gasteiger partial charge is 0.152 e. The Kier molecular flexibility index (Phi) is 6.32. The van der Waals surface area contributed by atoms with Crippen molar-refractivity contribution in [1.82, 2.24) is 9.97 Å². The highest BCUT2D eigenvalue weighted by Gasteiger charge is 2.39. The number of H-pyrrole nitrogens is 2. The van der Waals surface area contributed by atoms with E-state index in [0.29, 0.717) is 13.2 Å². The Morgan fingerprint density at radius 1 is 0.600 bits per heavy atom. The molecular formula is C34H36N2O4. The summed E-state index contributed by atoms with van der Waals surface area (Å²) in [7, 11) is 0. The highest BCUT2D eigenvalue weighted by molar-refractivity contribution is 5.96. The van der Waals surface area contributed by atoms with E-state index in [1.54, 1.807) is 0 Å². The highest BCUT2D eigenvalue weighted by Crippen LogP contribution is 2.43. The molecule has 6 nitrogen and oxygen atoms in total. The van der Waals surface area contributed by atoms with Gasteiger partial charge in [0, 0.05) is 32.9 Å². The summed E-state index contributed by atoms with van der Waals surface area (Å²) < 4.78 is 24.2. The Bertz CT molecular complexity index is 1510. The van der Waals surface area contributed by atoms with Crippen molar-refractivity contribution in [3.05, 3.63) is 72.8 Å². The number of nitrogens with one attached hydrogen (secondary N) is 2. The summed E-state index contributed by atoms with van der Waals surface area (Å²) in [5.41, 5.74) is 6.53. The molecule has 2 aliphatic heterocycles. The Labute approximate surface area is 234 Å². The van der Waals surface area contributed by atoms with Gasteiger partial charge in [-0.1, -0.05) is 62.4 Å². The molecule has 7 rings (SSSR count). The van der Waals surface area contributed by atoms with Crippen LogP contribution in [-0.4, -0.2) is 49.6 Å². The van der Waals surface area contributed by atoms with Crippen LogP contribution in [0.1, 0.15) is 26.7 Å². The van der Waals surface area contributed by atoms with Gasteiger partial charge in [0.05, 0.1) is 61.9 Å². The van der Waals surface area contributed by atoms with Gasteiger partial charge in [0.15, 0.2) is 11.5 Å². The monoisotopic (exact) mass is 536 g/mol. The molecule has 6 heteroatoms. The predicted molar refractivity (Wildman–Crippen MR) is 159 cm³/mol. The molecule has 40 heavy (non-hydrogen) atoms. The Morgan fingerprint density at radius 2 is 1.00 bits per heavy atom. The summed E-state index contributed by atoms with van der Waals surface area (Å²) in [5, 5.41) is 2.20. The largest absolute Gasteiger partial charge is 0.490 e. The molecule has 0 amide bonds. The molecule has 0 spiro atoms. The first kappa shape index (κ1) is 25.2. The van der Waals surface area contributed by atoms with Gasteiger partial charge in [-0.25, -0.2) is 0 Å². The lowest BCUT2D eigenvalue weighted by Gasteiger charge is -2.40. The Hall–Kier alpha value is -3.74. The summed E-state index contributed by atoms with van der Waals surface area (Å²) >= 11 is 0. The van der Waals surface area contributed by atoms with E-state index in [-0.39, 0.29) is 10.8 Å². The molecule has 2 fully saturated rings. The molecule has 4 heterocycles. The van der Waals surface area contributed by atoms with E-state index in [2.05, 4.69) is 96.6 Å². The molecule has 0 atom stereocenters. The van der Waals surface area contributed by atoms with Crippen molar-refractivity contribution < 1.29 is 18.9 Å². The van der Waals surface area contributed by atoms with Gasteiger partial charge in [-0.2, -0.15) is 0 Å². The minimum Gasteiger partial charge on any atom is -0.490 e. The number of hydrogen-bond acceptors (Lipinski definition) is 4. The third-order valence-electron chi connectivity index (χ3n) is 8.96. The van der Waals surface area contributed by atoms with Crippen molar-refractivity contribution in [2.45, 2.75) is 26.7 Å². The van der Waals surface area contributed by atoms with Crippen molar-refractivity contribution in [2.75, 3.05) is 39.6 Å². The lowest BCUT2D eigenvalue weighted by molar-refractivity contribution is -0.133. The van der Waals surface area contributed by atoms with E-state index < -0.39 is 0 Å². The average molecular weight is 537 g/mol. The van der Waals surface area contributed by atoms with Crippen LogP contribution in [0.5, 0.6) is 11.5 Å². The minimum atomic E-state index is 0.105. The maximum Gasteiger partial charge on any atom is 0.152 e. The standard InChI is InChI=1S/C34H36N2O4/c1-3-33(17-37-18-33)21-39-31-25-9-5-7-11-27(25)35-29(31)23-13-15-24(16-14-23)30-32(26-10-6-8-12-28(26)36-30)40-22-34(4-2)19-38-20-34/h5-16,35-36H,3-4,17-22H2,1-2H3. The van der Waals surface area contributed by atoms with Gasteiger partial charge in [0.25, 0.3) is 0 Å². The number of aromatic nitrogens is 2. The van der Waals surface area contributed by atoms with Crippen LogP contribution < -0.4 is 9.47 Å². The quantitative estimate of drug-likeness (QED) is 0.193. The zero-order chi connectivity index (χ0) is 27.2. The zero-order valence-electron chi connectivity index (χ0n) is 23.2. The summed E-state index contributed by atoms with van der Waals surface area (Å²) in [6.07, 6.45) is 2.08. The van der Waals surface area contributed by atoms with Gasteiger partial charge in [0.2, 0.25) is 0 Å². The predicted octanol–water partition coefficient (Wildman–Crippen LogP) is 7.59. The fraction of sp³-hybridized carbons (Fsp3) is 0.353. The Morgan fingerprint density at radius 3 is 1.35 bits per heavy atom. The molecular weight excluding hydrogens is 500 g/mol. The molecule has 0 saturated carbocycles. The van der Waals surface area contributed by atoms with Crippen molar-refractivity contribution in [3.8, 4) is 34.0 Å². The van der Waals surface area contributed by atoms with Crippen LogP contribution in [0.3, 0.4) is 0 Å². The molecule has 0 bridgehead atoms. The van der Waals surface area contributed by atoms with E-state index in [9.17, 15) is 0 Å². The average Bonchev–Trinajstić information content (AvgIpc) is 3.51. The third kappa shape index (κ3) is 4.27. The first-order chi connectivity index (χ1) is 19.6. The fourth-order valence-electron chi connectivity index (χ4n) is 5.75. The Balaban J connectivity index is 1.22. The molecule has 206 valence electrons. The highest BCUT2D eigenvalue weighted by atomic mass is 16.5. The first-order valence-electron chi connectivity index (χ1n) is 14.4. The fourth-order valence-corrected chi connectivity index (χ4v) is 5.75. The first-order valence-corrected chi connectivity index (χ1v) is 14.4. The number of hydrogen-bond donors (Lipinski definition) is 2. The van der Waals surface area contributed by atoms with Crippen LogP contribution in [0.4, 0.5) is 0 Å². The molecule has 2 aliphatic rings. The van der Waals surface area contributed by atoms with Gasteiger partial charge in [0.1, 0.15) is 0 Å². The van der Waals surface area contributed by atoms with Gasteiger partial charge in [-0.15, -0.1) is 0 Å². The number of fused-ring (bicyclic) bond motifs is 2. The molecule has 2 aromatic heterocycles. The van der Waals surface area contributed by atoms with E-state index in [0.717, 1.165) is 95.1 Å². The lowest BCUT2D eigenvalue weighted by atomic mass is 9.84. The lowest BCUT2D eigenvalue weighted by Crippen LogP contribution is -2.46. The third-order valence-corrected chi connectivity index (χ3v) is 8.96. The number of para-hydroxylation sites is 2. The van der Waals surface area contributed by atoms with Crippen LogP contribution in [0.2, 0.25) is 0 Å². The van der Waals surface area contributed by atoms with Crippen molar-refractivity contribution in [2.24, 2.45) is 10.8 Å². The maximum absolute atomic E-state index is 6.56. The summed E-state index contributed by atoms with van der Waals surface area (Å²) in [4.78, 5) is 7.24. The van der Waals surface area contributed by atoms with Gasteiger partial charge in [-0.3, -0.25) is 0 Å². The second kappa shape index (κ2) is 10.0. The molecule has 2 saturated heterocycles.